The number of rotatable bonds is 1. The van der Waals surface area contributed by atoms with Gasteiger partial charge in [-0.3, -0.25) is 4.79 Å². The Morgan fingerprint density at radius 3 is 2.59 bits per heavy atom. The monoisotopic (exact) mass is 426 g/mol. The summed E-state index contributed by atoms with van der Waals surface area (Å²) in [5.41, 5.74) is -3.53. The molecule has 0 radical (unpaired) electrons. The Morgan fingerprint density at radius 1 is 1.31 bits per heavy atom. The summed E-state index contributed by atoms with van der Waals surface area (Å²) in [6.07, 6.45) is 2.38. The van der Waals surface area contributed by atoms with Crippen molar-refractivity contribution in [2.45, 2.75) is 62.8 Å². The van der Waals surface area contributed by atoms with Crippen molar-refractivity contribution in [1.29, 1.82) is 0 Å². The van der Waals surface area contributed by atoms with Gasteiger partial charge in [0.25, 0.3) is 0 Å². The summed E-state index contributed by atoms with van der Waals surface area (Å²) in [6.45, 7) is 5.33. The number of halogens is 2. The molecule has 0 unspecified atom stereocenters. The van der Waals surface area contributed by atoms with Crippen molar-refractivity contribution < 1.29 is 28.9 Å². The van der Waals surface area contributed by atoms with Gasteiger partial charge in [0.2, 0.25) is 0 Å². The van der Waals surface area contributed by atoms with Crippen LogP contribution in [-0.4, -0.2) is 51.8 Å². The highest BCUT2D eigenvalue weighted by molar-refractivity contribution is 6.26. The third kappa shape index (κ3) is 2.23. The van der Waals surface area contributed by atoms with E-state index >= 15 is 4.39 Å². The maximum atomic E-state index is 15.4. The lowest BCUT2D eigenvalue weighted by Crippen LogP contribution is -2.70. The molecule has 0 aliphatic heterocycles. The molecule has 0 amide bonds. The zero-order valence-electron chi connectivity index (χ0n) is 17.1. The Balaban J connectivity index is 1.87. The Hall–Kier alpha value is -1.24. The van der Waals surface area contributed by atoms with E-state index in [0.717, 1.165) is 0 Å². The predicted octanol–water partition coefficient (Wildman–Crippen LogP) is 2.72. The number of methoxy groups -OCH3 is 1. The topological polar surface area (TPSA) is 83.8 Å². The standard InChI is InChI=1S/C22H28ClFO5/c1-11-7-13-14-9-16(24)15-8-12(25)5-6-19(15,2)21(14,23)17(26)10-20(13,3)22(11,28)18(27)29-4/h5-6,8,11,13-14,16-17,26,28H,7,9-10H2,1-4H3/t11-,13-,14-,16-,17-,19-,20-,21-,22-/m0/s1. The molecule has 160 valence electrons. The van der Waals surface area contributed by atoms with Crippen molar-refractivity contribution in [2.75, 3.05) is 7.11 Å². The van der Waals surface area contributed by atoms with Gasteiger partial charge in [0.15, 0.2) is 11.4 Å². The lowest BCUT2D eigenvalue weighted by atomic mass is 9.45. The van der Waals surface area contributed by atoms with Crippen LogP contribution in [0.1, 0.15) is 40.0 Å². The first-order chi connectivity index (χ1) is 13.4. The van der Waals surface area contributed by atoms with E-state index in [1.54, 1.807) is 26.8 Å². The highest BCUT2D eigenvalue weighted by Gasteiger charge is 2.76. The number of carbonyl (C=O) groups excluding carboxylic acids is 2. The minimum absolute atomic E-state index is 0.0351. The fraction of sp³-hybridized carbons (Fsp3) is 0.727. The minimum Gasteiger partial charge on any atom is -0.467 e. The van der Waals surface area contributed by atoms with Crippen molar-refractivity contribution in [1.82, 2.24) is 0 Å². The number of alkyl halides is 2. The molecule has 7 heteroatoms. The molecule has 3 fully saturated rings. The summed E-state index contributed by atoms with van der Waals surface area (Å²) in [4.78, 5) is 23.3. The number of allylic oxidation sites excluding steroid dienone is 4. The van der Waals surface area contributed by atoms with E-state index in [2.05, 4.69) is 0 Å². The van der Waals surface area contributed by atoms with E-state index in [0.29, 0.717) is 12.0 Å². The maximum Gasteiger partial charge on any atom is 0.338 e. The van der Waals surface area contributed by atoms with Crippen molar-refractivity contribution in [3.8, 4) is 0 Å². The summed E-state index contributed by atoms with van der Waals surface area (Å²) in [6, 6.07) is 0. The Bertz CT molecular complexity index is 841. The molecule has 0 bridgehead atoms. The summed E-state index contributed by atoms with van der Waals surface area (Å²) in [5.74, 6) is -2.22. The van der Waals surface area contributed by atoms with Crippen LogP contribution in [0.4, 0.5) is 4.39 Å². The van der Waals surface area contributed by atoms with Gasteiger partial charge in [-0.2, -0.15) is 0 Å². The van der Waals surface area contributed by atoms with Crippen LogP contribution in [-0.2, 0) is 14.3 Å². The zero-order chi connectivity index (χ0) is 21.6. The molecular formula is C22H28ClFO5. The van der Waals surface area contributed by atoms with E-state index in [4.69, 9.17) is 16.3 Å². The number of carbonyl (C=O) groups is 2. The van der Waals surface area contributed by atoms with E-state index in [1.807, 2.05) is 0 Å². The maximum absolute atomic E-state index is 15.4. The van der Waals surface area contributed by atoms with Crippen LogP contribution < -0.4 is 0 Å². The molecule has 0 saturated heterocycles. The van der Waals surface area contributed by atoms with Gasteiger partial charge in [-0.05, 0) is 54.7 Å². The number of aliphatic hydroxyl groups is 2. The van der Waals surface area contributed by atoms with Gasteiger partial charge in [0, 0.05) is 10.8 Å². The second kappa shape index (κ2) is 6.14. The minimum atomic E-state index is -1.78. The third-order valence-corrected chi connectivity index (χ3v) is 9.63. The Kier molecular flexibility index (Phi) is 4.45. The molecule has 3 saturated carbocycles. The third-order valence-electron chi connectivity index (χ3n) is 8.71. The molecule has 4 aliphatic carbocycles. The summed E-state index contributed by atoms with van der Waals surface area (Å²) < 4.78 is 20.3. The molecule has 0 aromatic heterocycles. The van der Waals surface area contributed by atoms with Gasteiger partial charge in [-0.25, -0.2) is 9.18 Å². The first kappa shape index (κ1) is 21.0. The highest BCUT2D eigenvalue weighted by atomic mass is 35.5. The van der Waals surface area contributed by atoms with Gasteiger partial charge >= 0.3 is 5.97 Å². The van der Waals surface area contributed by atoms with Crippen molar-refractivity contribution in [3.63, 3.8) is 0 Å². The van der Waals surface area contributed by atoms with Crippen LogP contribution in [0.5, 0.6) is 0 Å². The van der Waals surface area contributed by atoms with Crippen molar-refractivity contribution in [3.05, 3.63) is 23.8 Å². The van der Waals surface area contributed by atoms with E-state index in [1.165, 1.54) is 19.3 Å². The molecule has 0 aromatic carbocycles. The fourth-order valence-electron chi connectivity index (χ4n) is 7.13. The lowest BCUT2D eigenvalue weighted by molar-refractivity contribution is -0.198. The smallest absolute Gasteiger partial charge is 0.338 e. The van der Waals surface area contributed by atoms with Crippen LogP contribution in [0.15, 0.2) is 23.8 Å². The van der Waals surface area contributed by atoms with Gasteiger partial charge in [-0.15, -0.1) is 11.6 Å². The number of esters is 1. The van der Waals surface area contributed by atoms with Gasteiger partial charge in [-0.1, -0.05) is 26.8 Å². The normalized spacial score (nSPS) is 53.6. The van der Waals surface area contributed by atoms with Crippen LogP contribution >= 0.6 is 11.6 Å². The van der Waals surface area contributed by atoms with Crippen LogP contribution in [0.3, 0.4) is 0 Å². The number of ketones is 1. The van der Waals surface area contributed by atoms with Gasteiger partial charge in [0.05, 0.1) is 18.1 Å². The van der Waals surface area contributed by atoms with Crippen LogP contribution in [0, 0.1) is 28.6 Å². The van der Waals surface area contributed by atoms with Crippen molar-refractivity contribution >= 4 is 23.4 Å². The SMILES string of the molecule is COC(=O)[C@@]1(O)[C@@H](C)C[C@H]2[C@@H]3C[C@H](F)C4=CC(=O)C=C[C@]4(C)[C@@]3(Cl)[C@@H](O)C[C@@]21C. The lowest BCUT2D eigenvalue weighted by Gasteiger charge is -2.64. The molecule has 2 N–H and O–H groups in total. The molecule has 4 aliphatic rings. The van der Waals surface area contributed by atoms with E-state index < -0.39 is 51.4 Å². The van der Waals surface area contributed by atoms with E-state index in [9.17, 15) is 19.8 Å². The van der Waals surface area contributed by atoms with Crippen molar-refractivity contribution in [2.24, 2.45) is 28.6 Å². The molecule has 29 heavy (non-hydrogen) atoms. The molecule has 0 spiro atoms. The fourth-order valence-corrected chi connectivity index (χ4v) is 7.62. The molecule has 9 atom stereocenters. The predicted molar refractivity (Wildman–Crippen MR) is 105 cm³/mol. The largest absolute Gasteiger partial charge is 0.467 e. The molecular weight excluding hydrogens is 399 g/mol. The van der Waals surface area contributed by atoms with Crippen LogP contribution in [0.2, 0.25) is 0 Å². The van der Waals surface area contributed by atoms with E-state index in [-0.39, 0.29) is 24.5 Å². The number of hydrogen-bond acceptors (Lipinski definition) is 5. The number of aliphatic hydroxyl groups excluding tert-OH is 1. The number of fused-ring (bicyclic) bond motifs is 5. The van der Waals surface area contributed by atoms with Crippen LogP contribution in [0.25, 0.3) is 0 Å². The first-order valence-corrected chi connectivity index (χ1v) is 10.5. The highest BCUT2D eigenvalue weighted by Crippen LogP contribution is 2.71. The van der Waals surface area contributed by atoms with Gasteiger partial charge < -0.3 is 14.9 Å². The molecule has 0 heterocycles. The molecule has 0 aromatic rings. The van der Waals surface area contributed by atoms with Gasteiger partial charge in [0.1, 0.15) is 6.17 Å². The average molecular weight is 427 g/mol. The number of hydrogen-bond donors (Lipinski definition) is 2. The molecule has 5 nitrogen and oxygen atoms in total. The Labute approximate surface area is 174 Å². The molecule has 4 rings (SSSR count). The first-order valence-electron chi connectivity index (χ1n) is 10.1. The zero-order valence-corrected chi connectivity index (χ0v) is 17.9. The second-order valence-corrected chi connectivity index (χ2v) is 10.4. The average Bonchev–Trinajstić information content (AvgIpc) is 2.86. The summed E-state index contributed by atoms with van der Waals surface area (Å²) in [5, 5.41) is 22.8. The summed E-state index contributed by atoms with van der Waals surface area (Å²) in [7, 11) is 1.23. The number of ether oxygens (including phenoxy) is 1. The Morgan fingerprint density at radius 2 is 1.97 bits per heavy atom. The second-order valence-electron chi connectivity index (χ2n) is 9.75. The summed E-state index contributed by atoms with van der Waals surface area (Å²) >= 11 is 7.22. The quantitative estimate of drug-likeness (QED) is 0.497.